The molecule has 0 aliphatic rings. The number of hydrogen-bond acceptors (Lipinski definition) is 1. The Hall–Kier alpha value is -0.0538. The fourth-order valence-corrected chi connectivity index (χ4v) is 1.12. The Morgan fingerprint density at radius 1 is 1.23 bits per heavy atom. The van der Waals surface area contributed by atoms with E-state index in [0.29, 0.717) is 0 Å². The molecule has 0 aliphatic carbocycles. The first-order chi connectivity index (χ1) is 6.35. The SMILES string of the molecule is CCCC[O-].[Mg+][CH2]c1ccccc1. The van der Waals surface area contributed by atoms with E-state index in [1.165, 1.54) is 10.1 Å². The Morgan fingerprint density at radius 3 is 2.08 bits per heavy atom. The summed E-state index contributed by atoms with van der Waals surface area (Å²) in [6.45, 7) is 2.11. The molecule has 13 heavy (non-hydrogen) atoms. The van der Waals surface area contributed by atoms with E-state index in [0.717, 1.165) is 12.8 Å². The molecule has 0 atom stereocenters. The van der Waals surface area contributed by atoms with E-state index in [4.69, 9.17) is 0 Å². The van der Waals surface area contributed by atoms with Gasteiger partial charge in [0.2, 0.25) is 0 Å². The summed E-state index contributed by atoms with van der Waals surface area (Å²) in [4.78, 5) is 0. The second-order valence-corrected chi connectivity index (χ2v) is 3.29. The van der Waals surface area contributed by atoms with Crippen LogP contribution < -0.4 is 5.11 Å². The average Bonchev–Trinajstić information content (AvgIpc) is 2.21. The van der Waals surface area contributed by atoms with Gasteiger partial charge in [0.1, 0.15) is 0 Å². The van der Waals surface area contributed by atoms with Gasteiger partial charge in [-0.05, 0) is 0 Å². The van der Waals surface area contributed by atoms with Crippen LogP contribution >= 0.6 is 0 Å². The summed E-state index contributed by atoms with van der Waals surface area (Å²) in [6, 6.07) is 10.5. The van der Waals surface area contributed by atoms with Crippen LogP contribution in [0, 0.1) is 0 Å². The van der Waals surface area contributed by atoms with Gasteiger partial charge in [-0.1, -0.05) is 19.8 Å². The summed E-state index contributed by atoms with van der Waals surface area (Å²) in [5.41, 5.74) is 1.42. The molecule has 1 aromatic rings. The van der Waals surface area contributed by atoms with Crippen LogP contribution in [0.5, 0.6) is 0 Å². The van der Waals surface area contributed by atoms with Crippen LogP contribution in [0.4, 0.5) is 0 Å². The van der Waals surface area contributed by atoms with Gasteiger partial charge in [-0.15, -0.1) is 6.61 Å². The van der Waals surface area contributed by atoms with Gasteiger partial charge in [-0.25, -0.2) is 0 Å². The van der Waals surface area contributed by atoms with Crippen molar-refractivity contribution in [1.82, 2.24) is 0 Å². The summed E-state index contributed by atoms with van der Waals surface area (Å²) in [7, 11) is 0. The molecule has 0 spiro atoms. The Bertz CT molecular complexity index is 185. The van der Waals surface area contributed by atoms with Crippen LogP contribution in [0.25, 0.3) is 0 Å². The third-order valence-corrected chi connectivity index (χ3v) is 2.21. The van der Waals surface area contributed by atoms with Crippen molar-refractivity contribution in [3.05, 3.63) is 35.9 Å². The molecule has 0 saturated carbocycles. The molecule has 0 aromatic heterocycles. The van der Waals surface area contributed by atoms with Crippen molar-refractivity contribution in [2.45, 2.75) is 24.3 Å². The van der Waals surface area contributed by atoms with E-state index in [1.807, 2.05) is 34.7 Å². The maximum absolute atomic E-state index is 9.53. The molecule has 2 heteroatoms. The van der Waals surface area contributed by atoms with E-state index >= 15 is 0 Å². The zero-order chi connectivity index (χ0) is 9.94. The second kappa shape index (κ2) is 10.0. The number of benzene rings is 1. The minimum atomic E-state index is 0.0938. The first kappa shape index (κ1) is 12.9. The van der Waals surface area contributed by atoms with Crippen molar-refractivity contribution in [1.29, 1.82) is 0 Å². The molecule has 0 amide bonds. The van der Waals surface area contributed by atoms with Gasteiger partial charge in [-0.3, -0.25) is 0 Å². The number of hydrogen-bond donors (Lipinski definition) is 0. The third-order valence-electron chi connectivity index (χ3n) is 1.63. The predicted molar refractivity (Wildman–Crippen MR) is 55.7 cm³/mol. The van der Waals surface area contributed by atoms with Crippen molar-refractivity contribution in [3.8, 4) is 0 Å². The van der Waals surface area contributed by atoms with E-state index in [2.05, 4.69) is 24.3 Å². The zero-order valence-electron chi connectivity index (χ0n) is 8.33. The molecule has 0 heterocycles. The molecule has 1 rings (SSSR count). The van der Waals surface area contributed by atoms with Gasteiger partial charge in [0, 0.05) is 0 Å². The average molecular weight is 189 g/mol. The molecule has 1 nitrogen and oxygen atoms in total. The summed E-state index contributed by atoms with van der Waals surface area (Å²) in [5, 5.41) is 9.53. The summed E-state index contributed by atoms with van der Waals surface area (Å²) in [5.74, 6) is 0. The van der Waals surface area contributed by atoms with Gasteiger partial charge in [0.05, 0.1) is 0 Å². The first-order valence-electron chi connectivity index (χ1n) is 4.76. The van der Waals surface area contributed by atoms with Crippen molar-refractivity contribution in [2.75, 3.05) is 6.61 Å². The van der Waals surface area contributed by atoms with E-state index in [1.54, 1.807) is 0 Å². The second-order valence-electron chi connectivity index (χ2n) is 2.79. The van der Waals surface area contributed by atoms with Gasteiger partial charge >= 0.3 is 62.2 Å². The Morgan fingerprint density at radius 2 is 1.85 bits per heavy atom. The van der Waals surface area contributed by atoms with Gasteiger partial charge in [-0.2, -0.15) is 0 Å². The molecule has 68 valence electrons. The fourth-order valence-electron chi connectivity index (χ4n) is 0.789. The topological polar surface area (TPSA) is 23.1 Å². The molecule has 0 radical (unpaired) electrons. The molecular formula is C11H16MgO. The predicted octanol–water partition coefficient (Wildman–Crippen LogP) is 1.50. The van der Waals surface area contributed by atoms with Crippen LogP contribution in [-0.4, -0.2) is 28.3 Å². The normalized spacial score (nSPS) is 8.92. The molecule has 0 aliphatic heterocycles. The Balaban J connectivity index is 0.000000252. The Labute approximate surface area is 93.6 Å². The fraction of sp³-hybridized carbons (Fsp3) is 0.455. The summed E-state index contributed by atoms with van der Waals surface area (Å²) < 4.78 is 1.17. The van der Waals surface area contributed by atoms with Crippen LogP contribution in [0.1, 0.15) is 25.3 Å². The van der Waals surface area contributed by atoms with Crippen LogP contribution in [0.2, 0.25) is 0 Å². The van der Waals surface area contributed by atoms with E-state index in [9.17, 15) is 5.11 Å². The van der Waals surface area contributed by atoms with Crippen molar-refractivity contribution >= 4 is 21.7 Å². The number of unbranched alkanes of at least 4 members (excludes halogenated alkanes) is 1. The summed E-state index contributed by atoms with van der Waals surface area (Å²) >= 11 is 1.98. The zero-order valence-corrected chi connectivity index (χ0v) is 9.74. The first-order valence-corrected chi connectivity index (χ1v) is 5.76. The van der Waals surface area contributed by atoms with Gasteiger partial charge in [0.15, 0.2) is 0 Å². The summed E-state index contributed by atoms with van der Waals surface area (Å²) in [6.07, 6.45) is 1.86. The maximum atomic E-state index is 9.53. The molecule has 0 bridgehead atoms. The van der Waals surface area contributed by atoms with Crippen LogP contribution in [-0.2, 0) is 4.55 Å². The van der Waals surface area contributed by atoms with E-state index in [-0.39, 0.29) is 6.61 Å². The van der Waals surface area contributed by atoms with Gasteiger partial charge in [0.25, 0.3) is 0 Å². The van der Waals surface area contributed by atoms with E-state index < -0.39 is 0 Å². The van der Waals surface area contributed by atoms with Crippen LogP contribution in [0.15, 0.2) is 30.3 Å². The minimum absolute atomic E-state index is 0.0938. The van der Waals surface area contributed by atoms with Crippen LogP contribution in [0.3, 0.4) is 0 Å². The molecule has 1 aromatic carbocycles. The third kappa shape index (κ3) is 8.28. The quantitative estimate of drug-likeness (QED) is 0.660. The monoisotopic (exact) mass is 188 g/mol. The van der Waals surface area contributed by atoms with Crippen molar-refractivity contribution in [3.63, 3.8) is 0 Å². The molecular weight excluding hydrogens is 172 g/mol. The molecule has 0 fully saturated rings. The van der Waals surface area contributed by atoms with Crippen molar-refractivity contribution in [2.24, 2.45) is 0 Å². The molecule has 0 unspecified atom stereocenters. The van der Waals surface area contributed by atoms with Crippen molar-refractivity contribution < 1.29 is 5.11 Å². The molecule has 0 saturated heterocycles. The Kier molecular flexibility index (Phi) is 9.99. The molecule has 0 N–H and O–H groups in total. The van der Waals surface area contributed by atoms with Gasteiger partial charge < -0.3 is 5.11 Å². The number of rotatable bonds is 3. The standard InChI is InChI=1S/C7H7.C4H9O.Mg/c1-7-5-3-2-4-6-7;1-2-3-4-5;/h2-6H,1H2;2-4H2,1H3;/q;-1;+1.